The van der Waals surface area contributed by atoms with Crippen molar-refractivity contribution in [2.75, 3.05) is 13.2 Å². The van der Waals surface area contributed by atoms with Crippen LogP contribution in [0.15, 0.2) is 48.5 Å². The van der Waals surface area contributed by atoms with E-state index >= 15 is 0 Å². The van der Waals surface area contributed by atoms with Crippen LogP contribution < -0.4 is 9.47 Å². The lowest BCUT2D eigenvalue weighted by atomic mass is 9.95. The Balaban J connectivity index is 1.55. The largest absolute Gasteiger partial charge is 0.493 e. The van der Waals surface area contributed by atoms with Gasteiger partial charge in [-0.25, -0.2) is 0 Å². The molecule has 0 aliphatic carbocycles. The number of carbonyl (C=O) groups excluding carboxylic acids is 1. The van der Waals surface area contributed by atoms with E-state index in [1.807, 2.05) is 61.5 Å². The van der Waals surface area contributed by atoms with E-state index in [2.05, 4.69) is 6.07 Å². The van der Waals surface area contributed by atoms with Gasteiger partial charge in [0.1, 0.15) is 17.1 Å². The summed E-state index contributed by atoms with van der Waals surface area (Å²) in [5.41, 5.74) is 2.21. The van der Waals surface area contributed by atoms with Gasteiger partial charge in [0.05, 0.1) is 24.8 Å². The summed E-state index contributed by atoms with van der Waals surface area (Å²) >= 11 is 0. The molecule has 2 aromatic rings. The lowest BCUT2D eigenvalue weighted by Gasteiger charge is -2.31. The minimum atomic E-state index is -0.530. The van der Waals surface area contributed by atoms with Crippen molar-refractivity contribution in [1.82, 2.24) is 0 Å². The Hall–Kier alpha value is -3.26. The second-order valence-electron chi connectivity index (χ2n) is 7.16. The third-order valence-corrected chi connectivity index (χ3v) is 4.81. The Kier molecular flexibility index (Phi) is 6.56. The molecule has 150 valence electrons. The van der Waals surface area contributed by atoms with Gasteiger partial charge in [0, 0.05) is 24.8 Å². The Morgan fingerprint density at radius 1 is 1.21 bits per heavy atom. The van der Waals surface area contributed by atoms with Crippen molar-refractivity contribution in [3.8, 4) is 17.6 Å². The van der Waals surface area contributed by atoms with Gasteiger partial charge in [0.15, 0.2) is 0 Å². The molecule has 29 heavy (non-hydrogen) atoms. The molecule has 0 amide bonds. The normalized spacial score (nSPS) is 17.0. The highest BCUT2D eigenvalue weighted by Gasteiger charge is 2.28. The van der Waals surface area contributed by atoms with Crippen LogP contribution in [0.4, 0.5) is 0 Å². The highest BCUT2D eigenvalue weighted by molar-refractivity contribution is 5.70. The molecule has 1 heterocycles. The second kappa shape index (κ2) is 9.29. The summed E-state index contributed by atoms with van der Waals surface area (Å²) in [4.78, 5) is 11.6. The summed E-state index contributed by atoms with van der Waals surface area (Å²) in [6, 6.07) is 15.4. The monoisotopic (exact) mass is 391 g/mol. The quantitative estimate of drug-likeness (QED) is 0.611. The lowest BCUT2D eigenvalue weighted by molar-refractivity contribution is -0.143. The van der Waals surface area contributed by atoms with Gasteiger partial charge in [-0.1, -0.05) is 18.2 Å². The van der Waals surface area contributed by atoms with Crippen LogP contribution >= 0.6 is 0 Å². The van der Waals surface area contributed by atoms with E-state index in [9.17, 15) is 4.79 Å². The predicted molar refractivity (Wildman–Crippen MR) is 111 cm³/mol. The van der Waals surface area contributed by atoms with E-state index in [0.717, 1.165) is 29.0 Å². The van der Waals surface area contributed by atoms with E-state index in [1.165, 1.54) is 0 Å². The minimum absolute atomic E-state index is 0.206. The van der Waals surface area contributed by atoms with Crippen LogP contribution in [0.5, 0.6) is 11.5 Å². The molecule has 5 nitrogen and oxygen atoms in total. The smallest absolute Gasteiger partial charge is 0.305 e. The number of nitriles is 1. The minimum Gasteiger partial charge on any atom is -0.493 e. The van der Waals surface area contributed by atoms with Crippen molar-refractivity contribution in [3.63, 3.8) is 0 Å². The molecule has 2 aromatic carbocycles. The summed E-state index contributed by atoms with van der Waals surface area (Å²) < 4.78 is 17.0. The van der Waals surface area contributed by atoms with Crippen molar-refractivity contribution in [2.45, 2.75) is 38.7 Å². The SMILES string of the molecule is CCOC(=O)CCC1(C)C=Cc2cc(OCCc3ccc(C#N)cc3)ccc2O1. The molecular formula is C24H25NO4. The number of benzene rings is 2. The summed E-state index contributed by atoms with van der Waals surface area (Å²) in [5, 5.41) is 8.85. The van der Waals surface area contributed by atoms with Gasteiger partial charge in [-0.05, 0) is 55.8 Å². The fraction of sp³-hybridized carbons (Fsp3) is 0.333. The molecule has 0 saturated carbocycles. The van der Waals surface area contributed by atoms with E-state index in [-0.39, 0.29) is 5.97 Å². The molecular weight excluding hydrogens is 366 g/mol. The number of rotatable bonds is 8. The highest BCUT2D eigenvalue weighted by atomic mass is 16.5. The molecule has 1 aliphatic heterocycles. The van der Waals surface area contributed by atoms with Gasteiger partial charge in [0.2, 0.25) is 0 Å². The van der Waals surface area contributed by atoms with Gasteiger partial charge >= 0.3 is 5.97 Å². The molecule has 1 unspecified atom stereocenters. The van der Waals surface area contributed by atoms with Crippen LogP contribution in [0, 0.1) is 11.3 Å². The fourth-order valence-corrected chi connectivity index (χ4v) is 3.14. The molecule has 0 N–H and O–H groups in total. The number of nitrogens with zero attached hydrogens (tertiary/aromatic N) is 1. The number of esters is 1. The van der Waals surface area contributed by atoms with Crippen LogP contribution in [-0.4, -0.2) is 24.8 Å². The van der Waals surface area contributed by atoms with Gasteiger partial charge in [-0.15, -0.1) is 0 Å². The Morgan fingerprint density at radius 3 is 2.72 bits per heavy atom. The fourth-order valence-electron chi connectivity index (χ4n) is 3.14. The molecule has 0 saturated heterocycles. The molecule has 0 spiro atoms. The molecule has 0 bridgehead atoms. The Morgan fingerprint density at radius 2 is 2.00 bits per heavy atom. The first-order valence-corrected chi connectivity index (χ1v) is 9.81. The van der Waals surface area contributed by atoms with Crippen molar-refractivity contribution in [1.29, 1.82) is 5.26 Å². The van der Waals surface area contributed by atoms with E-state index in [0.29, 0.717) is 31.6 Å². The van der Waals surface area contributed by atoms with Crippen LogP contribution in [0.25, 0.3) is 6.08 Å². The molecule has 3 rings (SSSR count). The summed E-state index contributed by atoms with van der Waals surface area (Å²) in [6.07, 6.45) is 5.64. The molecule has 0 radical (unpaired) electrons. The van der Waals surface area contributed by atoms with E-state index in [1.54, 1.807) is 6.92 Å². The molecule has 0 fully saturated rings. The topological polar surface area (TPSA) is 68.5 Å². The number of hydrogen-bond donors (Lipinski definition) is 0. The Labute approximate surface area is 171 Å². The van der Waals surface area contributed by atoms with Crippen molar-refractivity contribution in [3.05, 3.63) is 65.2 Å². The van der Waals surface area contributed by atoms with Gasteiger partial charge < -0.3 is 14.2 Å². The highest BCUT2D eigenvalue weighted by Crippen LogP contribution is 2.35. The van der Waals surface area contributed by atoms with Crippen LogP contribution in [0.2, 0.25) is 0 Å². The molecule has 1 atom stereocenters. The van der Waals surface area contributed by atoms with Crippen LogP contribution in [-0.2, 0) is 16.0 Å². The maximum Gasteiger partial charge on any atom is 0.305 e. The summed E-state index contributed by atoms with van der Waals surface area (Å²) in [5.74, 6) is 1.35. The van der Waals surface area contributed by atoms with Crippen LogP contribution in [0.3, 0.4) is 0 Å². The summed E-state index contributed by atoms with van der Waals surface area (Å²) in [7, 11) is 0. The zero-order chi connectivity index (χ0) is 20.7. The van der Waals surface area contributed by atoms with Crippen molar-refractivity contribution in [2.24, 2.45) is 0 Å². The average Bonchev–Trinajstić information content (AvgIpc) is 2.73. The second-order valence-corrected chi connectivity index (χ2v) is 7.16. The van der Waals surface area contributed by atoms with Gasteiger partial charge in [-0.2, -0.15) is 5.26 Å². The number of fused-ring (bicyclic) bond motifs is 1. The number of ether oxygens (including phenoxy) is 3. The van der Waals surface area contributed by atoms with E-state index in [4.69, 9.17) is 19.5 Å². The van der Waals surface area contributed by atoms with E-state index < -0.39 is 5.60 Å². The first-order chi connectivity index (χ1) is 14.0. The first-order valence-electron chi connectivity index (χ1n) is 9.81. The van der Waals surface area contributed by atoms with Gasteiger partial charge in [-0.3, -0.25) is 4.79 Å². The molecule has 1 aliphatic rings. The van der Waals surface area contributed by atoms with Crippen molar-refractivity contribution >= 4 is 12.0 Å². The average molecular weight is 391 g/mol. The zero-order valence-electron chi connectivity index (χ0n) is 16.8. The third kappa shape index (κ3) is 5.61. The Bertz CT molecular complexity index is 927. The van der Waals surface area contributed by atoms with Crippen LogP contribution in [0.1, 0.15) is 43.4 Å². The van der Waals surface area contributed by atoms with Gasteiger partial charge in [0.25, 0.3) is 0 Å². The zero-order valence-corrected chi connectivity index (χ0v) is 16.8. The predicted octanol–water partition coefficient (Wildman–Crippen LogP) is 4.69. The standard InChI is InChI=1S/C24H25NO4/c1-3-27-23(26)11-14-24(2)13-10-20-16-21(8-9-22(20)29-24)28-15-12-18-4-6-19(17-25)7-5-18/h4-10,13,16H,3,11-12,14-15H2,1-2H3. The first kappa shape index (κ1) is 20.5. The third-order valence-electron chi connectivity index (χ3n) is 4.81. The summed E-state index contributed by atoms with van der Waals surface area (Å²) in [6.45, 7) is 4.71. The number of carbonyl (C=O) groups is 1. The maximum absolute atomic E-state index is 11.6. The lowest BCUT2D eigenvalue weighted by Crippen LogP contribution is -2.32. The molecule has 5 heteroatoms. The maximum atomic E-state index is 11.6. The molecule has 0 aromatic heterocycles. The van der Waals surface area contributed by atoms with Crippen molar-refractivity contribution < 1.29 is 19.0 Å². The number of hydrogen-bond acceptors (Lipinski definition) is 5.